The summed E-state index contributed by atoms with van der Waals surface area (Å²) in [4.78, 5) is 23.0. The number of carbonyl (C=O) groups is 1. The van der Waals surface area contributed by atoms with E-state index in [1.165, 1.54) is 30.3 Å². The quantitative estimate of drug-likeness (QED) is 0.536. The smallest absolute Gasteiger partial charge is 0.271 e. The molecule has 28 heavy (non-hydrogen) atoms. The fourth-order valence-electron chi connectivity index (χ4n) is 2.39. The molecule has 1 amide bonds. The van der Waals surface area contributed by atoms with Crippen molar-refractivity contribution in [2.45, 2.75) is 31.7 Å². The van der Waals surface area contributed by atoms with Crippen molar-refractivity contribution < 1.29 is 18.1 Å². The Labute approximate surface area is 164 Å². The molecule has 0 bridgehead atoms. The van der Waals surface area contributed by atoms with Gasteiger partial charge in [-0.1, -0.05) is 38.1 Å². The summed E-state index contributed by atoms with van der Waals surface area (Å²) in [7, 11) is -4.10. The predicted octanol–water partition coefficient (Wildman–Crippen LogP) is 2.95. The molecule has 0 aliphatic heterocycles. The second kappa shape index (κ2) is 8.83. The van der Waals surface area contributed by atoms with E-state index >= 15 is 0 Å². The Bertz CT molecular complexity index is 945. The van der Waals surface area contributed by atoms with E-state index in [2.05, 4.69) is 5.32 Å². The maximum absolute atomic E-state index is 13.1. The van der Waals surface area contributed by atoms with Gasteiger partial charge >= 0.3 is 0 Å². The number of rotatable bonds is 8. The Hall–Kier alpha value is -2.94. The predicted molar refractivity (Wildman–Crippen MR) is 107 cm³/mol. The minimum Gasteiger partial charge on any atom is -0.352 e. The zero-order valence-corrected chi connectivity index (χ0v) is 16.7. The maximum Gasteiger partial charge on any atom is 0.271 e. The number of anilines is 1. The summed E-state index contributed by atoms with van der Waals surface area (Å²) in [5, 5.41) is 13.9. The van der Waals surface area contributed by atoms with Gasteiger partial charge in [-0.2, -0.15) is 0 Å². The molecule has 0 saturated heterocycles. The first kappa shape index (κ1) is 21.4. The number of non-ortho nitro benzene ring substituents is 1. The fraction of sp³-hybridized carbons (Fsp3) is 0.316. The number of amides is 1. The van der Waals surface area contributed by atoms with Crippen LogP contribution in [0.25, 0.3) is 0 Å². The first-order valence-corrected chi connectivity index (χ1v) is 10.2. The minimum atomic E-state index is -4.10. The zero-order chi connectivity index (χ0) is 20.9. The van der Waals surface area contributed by atoms with Gasteiger partial charge in [0.2, 0.25) is 5.91 Å². The van der Waals surface area contributed by atoms with Crippen LogP contribution in [0.5, 0.6) is 0 Å². The van der Waals surface area contributed by atoms with Crippen molar-refractivity contribution >= 4 is 27.3 Å². The lowest BCUT2D eigenvalue weighted by molar-refractivity contribution is -0.384. The summed E-state index contributed by atoms with van der Waals surface area (Å²) in [5.41, 5.74) is -0.216. The van der Waals surface area contributed by atoms with E-state index in [-0.39, 0.29) is 28.2 Å². The normalized spacial score (nSPS) is 12.4. The average molecular weight is 405 g/mol. The summed E-state index contributed by atoms with van der Waals surface area (Å²) in [6.45, 7) is 5.20. The van der Waals surface area contributed by atoms with Gasteiger partial charge in [-0.05, 0) is 31.0 Å². The van der Waals surface area contributed by atoms with Gasteiger partial charge in [-0.25, -0.2) is 8.42 Å². The van der Waals surface area contributed by atoms with Gasteiger partial charge in [-0.15, -0.1) is 0 Å². The molecule has 0 spiro atoms. The van der Waals surface area contributed by atoms with E-state index in [1.807, 2.05) is 20.8 Å². The fourth-order valence-corrected chi connectivity index (χ4v) is 3.83. The van der Waals surface area contributed by atoms with Crippen LogP contribution in [0.2, 0.25) is 0 Å². The molecule has 2 aromatic rings. The topological polar surface area (TPSA) is 110 Å². The van der Waals surface area contributed by atoms with Crippen molar-refractivity contribution in [1.82, 2.24) is 5.32 Å². The maximum atomic E-state index is 13.1. The molecule has 1 N–H and O–H groups in total. The highest BCUT2D eigenvalue weighted by atomic mass is 32.2. The largest absolute Gasteiger partial charge is 0.352 e. The molecular weight excluding hydrogens is 382 g/mol. The summed E-state index contributed by atoms with van der Waals surface area (Å²) < 4.78 is 27.2. The number of hydrogen-bond donors (Lipinski definition) is 1. The molecule has 150 valence electrons. The second-order valence-corrected chi connectivity index (χ2v) is 8.56. The number of carbonyl (C=O) groups excluding carboxylic acids is 1. The number of nitro groups is 1. The third-order valence-electron chi connectivity index (χ3n) is 4.34. The van der Waals surface area contributed by atoms with Gasteiger partial charge in [-0.3, -0.25) is 19.2 Å². The van der Waals surface area contributed by atoms with E-state index in [0.29, 0.717) is 0 Å². The molecular formula is C19H23N3O5S. The van der Waals surface area contributed by atoms with Gasteiger partial charge in [0.1, 0.15) is 6.54 Å². The molecule has 0 saturated carbocycles. The summed E-state index contributed by atoms with van der Waals surface area (Å²) in [6.07, 6.45) is 0. The highest BCUT2D eigenvalue weighted by molar-refractivity contribution is 7.92. The molecule has 0 aliphatic rings. The van der Waals surface area contributed by atoms with Gasteiger partial charge in [0, 0.05) is 18.2 Å². The second-order valence-electron chi connectivity index (χ2n) is 6.70. The molecule has 0 heterocycles. The molecule has 0 aromatic heterocycles. The highest BCUT2D eigenvalue weighted by Crippen LogP contribution is 2.26. The van der Waals surface area contributed by atoms with Crippen LogP contribution in [0.4, 0.5) is 11.4 Å². The standard InChI is InChI=1S/C19H23N3O5S/c1-14(2)15(3)20-19(23)13-21(16-8-7-9-17(12-16)22(24)25)28(26,27)18-10-5-4-6-11-18/h4-12,14-15H,13H2,1-3H3,(H,20,23)/t15-/m1/s1. The minimum absolute atomic E-state index is 0.00814. The zero-order valence-electron chi connectivity index (χ0n) is 15.9. The first-order chi connectivity index (χ1) is 13.1. The Morgan fingerprint density at radius 2 is 1.75 bits per heavy atom. The van der Waals surface area contributed by atoms with Crippen LogP contribution in [-0.4, -0.2) is 31.8 Å². The molecule has 9 heteroatoms. The number of benzene rings is 2. The number of nitrogens with one attached hydrogen (secondary N) is 1. The Morgan fingerprint density at radius 1 is 1.11 bits per heavy atom. The van der Waals surface area contributed by atoms with Crippen molar-refractivity contribution in [2.75, 3.05) is 10.8 Å². The van der Waals surface area contributed by atoms with Crippen LogP contribution in [0.1, 0.15) is 20.8 Å². The third-order valence-corrected chi connectivity index (χ3v) is 6.12. The monoisotopic (exact) mass is 405 g/mol. The van der Waals surface area contributed by atoms with E-state index in [0.717, 1.165) is 10.4 Å². The molecule has 2 aromatic carbocycles. The van der Waals surface area contributed by atoms with Crippen molar-refractivity contribution in [1.29, 1.82) is 0 Å². The summed E-state index contributed by atoms with van der Waals surface area (Å²) in [6, 6.07) is 12.7. The highest BCUT2D eigenvalue weighted by Gasteiger charge is 2.28. The lowest BCUT2D eigenvalue weighted by Gasteiger charge is -2.25. The van der Waals surface area contributed by atoms with Crippen LogP contribution in [0.3, 0.4) is 0 Å². The number of nitrogens with zero attached hydrogens (tertiary/aromatic N) is 2. The molecule has 0 fully saturated rings. The Kier molecular flexibility index (Phi) is 6.74. The third kappa shape index (κ3) is 5.07. The van der Waals surface area contributed by atoms with E-state index in [9.17, 15) is 23.3 Å². The summed E-state index contributed by atoms with van der Waals surface area (Å²) in [5.74, 6) is -0.326. The lowest BCUT2D eigenvalue weighted by atomic mass is 10.1. The van der Waals surface area contributed by atoms with E-state index in [1.54, 1.807) is 18.2 Å². The summed E-state index contributed by atoms with van der Waals surface area (Å²) >= 11 is 0. The molecule has 8 nitrogen and oxygen atoms in total. The number of hydrogen-bond acceptors (Lipinski definition) is 5. The number of nitro benzene ring substituents is 1. The molecule has 0 unspecified atom stereocenters. The van der Waals surface area contributed by atoms with Crippen LogP contribution in [0.15, 0.2) is 59.5 Å². The lowest BCUT2D eigenvalue weighted by Crippen LogP contribution is -2.45. The van der Waals surface area contributed by atoms with Gasteiger partial charge in [0.25, 0.3) is 15.7 Å². The van der Waals surface area contributed by atoms with Crippen LogP contribution in [0, 0.1) is 16.0 Å². The molecule has 1 atom stereocenters. The van der Waals surface area contributed by atoms with E-state index < -0.39 is 27.4 Å². The van der Waals surface area contributed by atoms with Crippen molar-refractivity contribution in [3.05, 3.63) is 64.7 Å². The van der Waals surface area contributed by atoms with Crippen LogP contribution in [-0.2, 0) is 14.8 Å². The Balaban J connectivity index is 2.46. The SMILES string of the molecule is CC(C)[C@@H](C)NC(=O)CN(c1cccc([N+](=O)[O-])c1)S(=O)(=O)c1ccccc1. The van der Waals surface area contributed by atoms with Crippen LogP contribution >= 0.6 is 0 Å². The Morgan fingerprint density at radius 3 is 2.32 bits per heavy atom. The van der Waals surface area contributed by atoms with Crippen molar-refractivity contribution in [3.63, 3.8) is 0 Å². The first-order valence-electron chi connectivity index (χ1n) is 8.74. The van der Waals surface area contributed by atoms with Gasteiger partial charge in [0.15, 0.2) is 0 Å². The van der Waals surface area contributed by atoms with Crippen LogP contribution < -0.4 is 9.62 Å². The molecule has 0 radical (unpaired) electrons. The van der Waals surface area contributed by atoms with E-state index in [4.69, 9.17) is 0 Å². The van der Waals surface area contributed by atoms with Gasteiger partial charge in [0.05, 0.1) is 15.5 Å². The molecule has 2 rings (SSSR count). The molecule has 0 aliphatic carbocycles. The van der Waals surface area contributed by atoms with Gasteiger partial charge < -0.3 is 5.32 Å². The van der Waals surface area contributed by atoms with Crippen molar-refractivity contribution in [3.8, 4) is 0 Å². The van der Waals surface area contributed by atoms with Crippen molar-refractivity contribution in [2.24, 2.45) is 5.92 Å². The average Bonchev–Trinajstić information content (AvgIpc) is 2.66. The number of sulfonamides is 1.